The first-order chi connectivity index (χ1) is 7.33. The third-order valence-electron chi connectivity index (χ3n) is 2.26. The second-order valence-corrected chi connectivity index (χ2v) is 3.26. The number of nitrogens with zero attached hydrogens (tertiary/aromatic N) is 4. The van der Waals surface area contributed by atoms with E-state index in [2.05, 4.69) is 20.4 Å². The van der Waals surface area contributed by atoms with Crippen LogP contribution in [0.5, 0.6) is 0 Å². The molecule has 0 unspecified atom stereocenters. The largest absolute Gasteiger partial charge is 0.316 e. The van der Waals surface area contributed by atoms with Crippen LogP contribution in [0.1, 0.15) is 11.3 Å². The monoisotopic (exact) mass is 203 g/mol. The van der Waals surface area contributed by atoms with Crippen molar-refractivity contribution >= 4 is 0 Å². The predicted octanol–water partition coefficient (Wildman–Crippen LogP) is 0.690. The summed E-state index contributed by atoms with van der Waals surface area (Å²) in [5, 5.41) is 7.39. The van der Waals surface area contributed by atoms with Crippen LogP contribution in [0.25, 0.3) is 5.82 Å². The van der Waals surface area contributed by atoms with Crippen molar-refractivity contribution < 1.29 is 0 Å². The van der Waals surface area contributed by atoms with E-state index in [4.69, 9.17) is 0 Å². The lowest BCUT2D eigenvalue weighted by molar-refractivity contribution is 0.789. The second-order valence-electron chi connectivity index (χ2n) is 3.26. The number of hydrogen-bond donors (Lipinski definition) is 1. The van der Waals surface area contributed by atoms with Gasteiger partial charge in [0.05, 0.1) is 6.20 Å². The molecule has 0 amide bonds. The first-order valence-electron chi connectivity index (χ1n) is 4.77. The van der Waals surface area contributed by atoms with Crippen LogP contribution in [-0.4, -0.2) is 26.8 Å². The van der Waals surface area contributed by atoms with Crippen molar-refractivity contribution in [3.05, 3.63) is 36.0 Å². The fraction of sp³-hybridized carbons (Fsp3) is 0.300. The van der Waals surface area contributed by atoms with Gasteiger partial charge in [-0.3, -0.25) is 0 Å². The number of rotatable bonds is 3. The van der Waals surface area contributed by atoms with Crippen molar-refractivity contribution in [1.29, 1.82) is 0 Å². The van der Waals surface area contributed by atoms with Crippen LogP contribution in [0.15, 0.2) is 24.8 Å². The van der Waals surface area contributed by atoms with Gasteiger partial charge in [-0.05, 0) is 14.0 Å². The molecule has 2 rings (SSSR count). The lowest BCUT2D eigenvalue weighted by Crippen LogP contribution is -2.07. The van der Waals surface area contributed by atoms with E-state index in [1.54, 1.807) is 6.20 Å². The molecule has 0 fully saturated rings. The van der Waals surface area contributed by atoms with Gasteiger partial charge in [-0.25, -0.2) is 14.6 Å². The molecular formula is C10H13N5. The summed E-state index contributed by atoms with van der Waals surface area (Å²) in [6, 6.07) is 1.84. The Morgan fingerprint density at radius 1 is 1.47 bits per heavy atom. The molecule has 0 atom stereocenters. The van der Waals surface area contributed by atoms with Gasteiger partial charge >= 0.3 is 0 Å². The quantitative estimate of drug-likeness (QED) is 0.797. The first kappa shape index (κ1) is 9.79. The minimum absolute atomic E-state index is 0.796. The fourth-order valence-electron chi connectivity index (χ4n) is 1.45. The molecule has 0 saturated carbocycles. The lowest BCUT2D eigenvalue weighted by atomic mass is 10.2. The summed E-state index contributed by atoms with van der Waals surface area (Å²) in [4.78, 5) is 8.03. The van der Waals surface area contributed by atoms with Crippen molar-refractivity contribution in [2.45, 2.75) is 13.5 Å². The normalized spacial score (nSPS) is 10.5. The van der Waals surface area contributed by atoms with Gasteiger partial charge in [0.15, 0.2) is 5.82 Å². The molecule has 0 aromatic carbocycles. The summed E-state index contributed by atoms with van der Waals surface area (Å²) in [7, 11) is 1.92. The van der Waals surface area contributed by atoms with Gasteiger partial charge < -0.3 is 5.32 Å². The highest BCUT2D eigenvalue weighted by atomic mass is 15.3. The van der Waals surface area contributed by atoms with Crippen LogP contribution in [0.3, 0.4) is 0 Å². The Kier molecular flexibility index (Phi) is 2.73. The molecular weight excluding hydrogens is 190 g/mol. The van der Waals surface area contributed by atoms with Gasteiger partial charge in [-0.15, -0.1) is 0 Å². The van der Waals surface area contributed by atoms with Crippen LogP contribution in [0.2, 0.25) is 0 Å². The summed E-state index contributed by atoms with van der Waals surface area (Å²) in [5.41, 5.74) is 2.28. The standard InChI is InChI=1S/C10H13N5/c1-8-9(5-11-2)6-14-15(8)10-3-4-12-7-13-10/h3-4,6-7,11H,5H2,1-2H3. The highest BCUT2D eigenvalue weighted by Crippen LogP contribution is 2.10. The molecule has 5 nitrogen and oxygen atoms in total. The van der Waals surface area contributed by atoms with E-state index in [-0.39, 0.29) is 0 Å². The molecule has 0 bridgehead atoms. The molecule has 0 aliphatic heterocycles. The molecule has 0 spiro atoms. The molecule has 0 radical (unpaired) electrons. The van der Waals surface area contributed by atoms with Gasteiger partial charge in [-0.1, -0.05) is 0 Å². The minimum Gasteiger partial charge on any atom is -0.316 e. The van der Waals surface area contributed by atoms with Crippen LogP contribution in [-0.2, 0) is 6.54 Å². The zero-order valence-corrected chi connectivity index (χ0v) is 8.81. The summed E-state index contributed by atoms with van der Waals surface area (Å²) < 4.78 is 1.81. The van der Waals surface area contributed by atoms with E-state index in [0.717, 1.165) is 18.1 Å². The van der Waals surface area contributed by atoms with Crippen molar-refractivity contribution in [1.82, 2.24) is 25.1 Å². The van der Waals surface area contributed by atoms with E-state index in [1.165, 1.54) is 11.9 Å². The highest BCUT2D eigenvalue weighted by molar-refractivity contribution is 5.26. The predicted molar refractivity (Wildman–Crippen MR) is 56.7 cm³/mol. The molecule has 2 aromatic rings. The smallest absolute Gasteiger partial charge is 0.156 e. The van der Waals surface area contributed by atoms with Gasteiger partial charge in [-0.2, -0.15) is 5.10 Å². The van der Waals surface area contributed by atoms with E-state index < -0.39 is 0 Å². The molecule has 2 aromatic heterocycles. The molecule has 0 saturated heterocycles. The first-order valence-corrected chi connectivity index (χ1v) is 4.77. The van der Waals surface area contributed by atoms with Crippen LogP contribution in [0, 0.1) is 6.92 Å². The molecule has 0 aliphatic carbocycles. The van der Waals surface area contributed by atoms with Crippen molar-refractivity contribution in [3.8, 4) is 5.82 Å². The Hall–Kier alpha value is -1.75. The fourth-order valence-corrected chi connectivity index (χ4v) is 1.45. The van der Waals surface area contributed by atoms with Gasteiger partial charge in [0.2, 0.25) is 0 Å². The van der Waals surface area contributed by atoms with Crippen molar-refractivity contribution in [3.63, 3.8) is 0 Å². The Morgan fingerprint density at radius 2 is 2.33 bits per heavy atom. The molecule has 0 aliphatic rings. The van der Waals surface area contributed by atoms with Crippen LogP contribution in [0.4, 0.5) is 0 Å². The van der Waals surface area contributed by atoms with Gasteiger partial charge in [0.1, 0.15) is 6.33 Å². The summed E-state index contributed by atoms with van der Waals surface area (Å²) in [6.07, 6.45) is 5.09. The number of hydrogen-bond acceptors (Lipinski definition) is 4. The van der Waals surface area contributed by atoms with Gasteiger partial charge in [0, 0.05) is 30.1 Å². The third-order valence-corrected chi connectivity index (χ3v) is 2.26. The van der Waals surface area contributed by atoms with E-state index in [0.29, 0.717) is 0 Å². The van der Waals surface area contributed by atoms with Crippen LogP contribution < -0.4 is 5.32 Å². The molecule has 78 valence electrons. The molecule has 2 heterocycles. The number of aromatic nitrogens is 4. The summed E-state index contributed by atoms with van der Waals surface area (Å²) in [6.45, 7) is 2.85. The zero-order chi connectivity index (χ0) is 10.7. The topological polar surface area (TPSA) is 55.6 Å². The maximum Gasteiger partial charge on any atom is 0.156 e. The Balaban J connectivity index is 2.38. The SMILES string of the molecule is CNCc1cnn(-c2ccncn2)c1C. The Bertz CT molecular complexity index is 434. The van der Waals surface area contributed by atoms with Crippen molar-refractivity contribution in [2.24, 2.45) is 0 Å². The van der Waals surface area contributed by atoms with E-state index >= 15 is 0 Å². The maximum atomic E-state index is 4.29. The third kappa shape index (κ3) is 1.87. The number of nitrogens with one attached hydrogen (secondary N) is 1. The summed E-state index contributed by atoms with van der Waals surface area (Å²) >= 11 is 0. The van der Waals surface area contributed by atoms with Crippen LogP contribution >= 0.6 is 0 Å². The highest BCUT2D eigenvalue weighted by Gasteiger charge is 2.07. The Morgan fingerprint density at radius 3 is 3.00 bits per heavy atom. The van der Waals surface area contributed by atoms with E-state index in [1.807, 2.05) is 30.9 Å². The zero-order valence-electron chi connectivity index (χ0n) is 8.81. The lowest BCUT2D eigenvalue weighted by Gasteiger charge is -2.03. The second kappa shape index (κ2) is 4.18. The Labute approximate surface area is 88.2 Å². The average molecular weight is 203 g/mol. The van der Waals surface area contributed by atoms with Crippen molar-refractivity contribution in [2.75, 3.05) is 7.05 Å². The molecule has 5 heteroatoms. The molecule has 1 N–H and O–H groups in total. The van der Waals surface area contributed by atoms with Gasteiger partial charge in [0.25, 0.3) is 0 Å². The maximum absolute atomic E-state index is 4.29. The minimum atomic E-state index is 0.796. The van der Waals surface area contributed by atoms with E-state index in [9.17, 15) is 0 Å². The summed E-state index contributed by atoms with van der Waals surface area (Å²) in [5.74, 6) is 0.796. The molecule has 15 heavy (non-hydrogen) atoms. The average Bonchev–Trinajstić information content (AvgIpc) is 2.63.